The Bertz CT molecular complexity index is 1180. The average molecular weight is 793 g/mol. The van der Waals surface area contributed by atoms with Gasteiger partial charge in [-0.3, -0.25) is 4.90 Å². The van der Waals surface area contributed by atoms with Crippen molar-refractivity contribution >= 4 is 67.2 Å². The van der Waals surface area contributed by atoms with Crippen LogP contribution in [0.2, 0.25) is 0 Å². The molecule has 43 heavy (non-hydrogen) atoms. The number of ether oxygens (including phenoxy) is 1. The minimum atomic E-state index is -3.49. The maximum atomic E-state index is 13.0. The van der Waals surface area contributed by atoms with Gasteiger partial charge in [0.1, 0.15) is 5.72 Å². The van der Waals surface area contributed by atoms with Crippen LogP contribution in [0.5, 0.6) is 0 Å². The number of nitrogens with zero attached hydrogens (tertiary/aromatic N) is 1. The Morgan fingerprint density at radius 2 is 1.84 bits per heavy atom. The van der Waals surface area contributed by atoms with Gasteiger partial charge >= 0.3 is 0 Å². The first-order chi connectivity index (χ1) is 20.2. The molecule has 0 spiro atoms. The lowest BCUT2D eigenvalue weighted by Gasteiger charge is -2.54. The smallest absolute Gasteiger partial charge is 0.172 e. The Morgan fingerprint density at radius 1 is 1.16 bits per heavy atom. The maximum Gasteiger partial charge on any atom is 0.172 e. The summed E-state index contributed by atoms with van der Waals surface area (Å²) in [5, 5.41) is 21.4. The van der Waals surface area contributed by atoms with Crippen LogP contribution in [0.15, 0.2) is 22.1 Å². The third-order valence-electron chi connectivity index (χ3n) is 11.9. The first-order valence-corrected chi connectivity index (χ1v) is 20.4. The molecular weight excluding hydrogens is 744 g/mol. The zero-order valence-corrected chi connectivity index (χ0v) is 30.9. The summed E-state index contributed by atoms with van der Waals surface area (Å²) < 4.78 is 33.6. The number of alkyl halides is 3. The van der Waals surface area contributed by atoms with Crippen molar-refractivity contribution in [2.75, 3.05) is 32.6 Å². The first kappa shape index (κ1) is 35.2. The van der Waals surface area contributed by atoms with Crippen LogP contribution in [0, 0.1) is 40.4 Å². The van der Waals surface area contributed by atoms with Crippen molar-refractivity contribution in [1.29, 1.82) is 0 Å². The monoisotopic (exact) mass is 791 g/mol. The number of hydrogen-bond acceptors (Lipinski definition) is 6. The van der Waals surface area contributed by atoms with Crippen LogP contribution < -0.4 is 0 Å². The molecule has 1 heterocycles. The van der Waals surface area contributed by atoms with Gasteiger partial charge in [0.05, 0.1) is 23.6 Å². The van der Waals surface area contributed by atoms with Crippen molar-refractivity contribution < 1.29 is 23.4 Å². The highest BCUT2D eigenvalue weighted by Crippen LogP contribution is 2.63. The lowest BCUT2D eigenvalue weighted by atomic mass is 9.61. The van der Waals surface area contributed by atoms with Gasteiger partial charge in [-0.25, -0.2) is 8.42 Å². The number of sulfone groups is 1. The van der Waals surface area contributed by atoms with Crippen molar-refractivity contribution in [1.82, 2.24) is 4.90 Å². The number of fused-ring (bicyclic) bond motifs is 1. The van der Waals surface area contributed by atoms with E-state index < -0.39 is 15.6 Å². The standard InChI is InChI=1S/C32H49Cl3INO5S/c1-4-30(2,17-38)22-13-25-28(26(36)14-22)32(21-6-9-23(33)10-7-21,42-19-31(18-39)11-12-31)37(29(25)35)16-20-5-8-24(34)15-27(20)43(3,40)41/h8,15,20-23,25-26,28-29,38-39H,4-7,9-14,16-19H2,1-3H3/t20?,21?,22?,23?,25?,26?,28?,29?,30?,32-/m1/s1. The second kappa shape index (κ2) is 13.4. The summed E-state index contributed by atoms with van der Waals surface area (Å²) in [5.74, 6) is 0.461. The van der Waals surface area contributed by atoms with Crippen LogP contribution in [0.3, 0.4) is 0 Å². The number of allylic oxidation sites excluding steroid dienone is 3. The molecule has 1 aliphatic heterocycles. The molecule has 0 aromatic heterocycles. The maximum absolute atomic E-state index is 13.0. The molecule has 0 bridgehead atoms. The topological polar surface area (TPSA) is 87.1 Å². The quantitative estimate of drug-likeness (QED) is 0.132. The molecule has 8 atom stereocenters. The average Bonchev–Trinajstić information content (AvgIpc) is 3.72. The molecule has 7 unspecified atom stereocenters. The van der Waals surface area contributed by atoms with Gasteiger partial charge in [-0.1, -0.05) is 54.1 Å². The molecule has 11 heteroatoms. The highest BCUT2D eigenvalue weighted by Gasteiger charge is 2.67. The van der Waals surface area contributed by atoms with Gasteiger partial charge in [0.15, 0.2) is 9.84 Å². The summed E-state index contributed by atoms with van der Waals surface area (Å²) in [6.45, 7) is 5.52. The fourth-order valence-corrected chi connectivity index (χ4v) is 12.4. The second-order valence-electron chi connectivity index (χ2n) is 14.6. The molecule has 5 rings (SSSR count). The summed E-state index contributed by atoms with van der Waals surface area (Å²) in [6.07, 6.45) is 13.6. The number of likely N-dealkylation sites (tertiary alicyclic amines) is 1. The number of halogens is 4. The molecule has 2 N–H and O–H groups in total. The van der Waals surface area contributed by atoms with E-state index in [2.05, 4.69) is 41.3 Å². The fraction of sp³-hybridized carbons (Fsp3) is 0.875. The number of hydrogen-bond donors (Lipinski definition) is 2. The van der Waals surface area contributed by atoms with E-state index in [1.54, 1.807) is 6.08 Å². The zero-order chi connectivity index (χ0) is 31.4. The molecule has 3 saturated carbocycles. The summed E-state index contributed by atoms with van der Waals surface area (Å²) in [6, 6.07) is 0. The SMILES string of the molecule is CCC(C)(CO)C1CC(I)C2C(C1)C(Cl)N(CC1CC=C(Cl)C=C1S(C)(=O)=O)[C@@]2(OCC1(CO)CC1)C1CCC(Cl)CC1. The summed E-state index contributed by atoms with van der Waals surface area (Å²) in [5.41, 5.74) is -1.46. The third kappa shape index (κ3) is 6.77. The van der Waals surface area contributed by atoms with Crippen molar-refractivity contribution in [3.05, 3.63) is 22.1 Å². The van der Waals surface area contributed by atoms with E-state index in [1.165, 1.54) is 6.26 Å². The Balaban J connectivity index is 1.60. The molecule has 0 aromatic carbocycles. The summed E-state index contributed by atoms with van der Waals surface area (Å²) in [4.78, 5) is 2.71. The highest BCUT2D eigenvalue weighted by atomic mass is 127. The first-order valence-electron chi connectivity index (χ1n) is 16.1. The van der Waals surface area contributed by atoms with E-state index in [0.717, 1.165) is 57.8 Å². The number of aliphatic hydroxyl groups is 2. The van der Waals surface area contributed by atoms with Crippen LogP contribution in [0.4, 0.5) is 0 Å². The molecule has 0 amide bonds. The lowest BCUT2D eigenvalue weighted by Crippen LogP contribution is -2.61. The molecule has 6 nitrogen and oxygen atoms in total. The van der Waals surface area contributed by atoms with Gasteiger partial charge in [0.25, 0.3) is 0 Å². The van der Waals surface area contributed by atoms with Gasteiger partial charge in [-0.2, -0.15) is 0 Å². The Kier molecular flexibility index (Phi) is 11.0. The largest absolute Gasteiger partial charge is 0.396 e. The molecule has 1 saturated heterocycles. The minimum absolute atomic E-state index is 0.101. The van der Waals surface area contributed by atoms with Gasteiger partial charge in [-0.05, 0) is 87.5 Å². The molecular formula is C32H49Cl3INO5S. The normalized spacial score (nSPS) is 41.2. The number of aliphatic hydroxyl groups excluding tert-OH is 2. The van der Waals surface area contributed by atoms with Crippen molar-refractivity contribution in [2.45, 2.75) is 98.6 Å². The van der Waals surface area contributed by atoms with Crippen molar-refractivity contribution in [3.8, 4) is 0 Å². The van der Waals surface area contributed by atoms with E-state index in [4.69, 9.17) is 39.5 Å². The van der Waals surface area contributed by atoms with Crippen LogP contribution in [0.25, 0.3) is 0 Å². The van der Waals surface area contributed by atoms with Gasteiger partial charge in [0.2, 0.25) is 0 Å². The van der Waals surface area contributed by atoms with E-state index in [1.807, 2.05) is 6.08 Å². The predicted octanol–water partition coefficient (Wildman–Crippen LogP) is 7.08. The van der Waals surface area contributed by atoms with E-state index in [9.17, 15) is 18.6 Å². The second-order valence-corrected chi connectivity index (χ2v) is 19.7. The molecule has 0 aromatic rings. The van der Waals surface area contributed by atoms with E-state index in [0.29, 0.717) is 35.4 Å². The molecule has 4 aliphatic carbocycles. The number of rotatable bonds is 11. The lowest BCUT2D eigenvalue weighted by molar-refractivity contribution is -0.220. The van der Waals surface area contributed by atoms with Crippen LogP contribution in [-0.2, 0) is 14.6 Å². The summed E-state index contributed by atoms with van der Waals surface area (Å²) >= 11 is 23.3. The Hall–Kier alpha value is 0.870. The van der Waals surface area contributed by atoms with Gasteiger partial charge in [-0.15, -0.1) is 23.2 Å². The minimum Gasteiger partial charge on any atom is -0.396 e. The van der Waals surface area contributed by atoms with E-state index in [-0.39, 0.29) is 62.5 Å². The molecule has 4 fully saturated rings. The highest BCUT2D eigenvalue weighted by molar-refractivity contribution is 14.1. The summed E-state index contributed by atoms with van der Waals surface area (Å²) in [7, 11) is -3.49. The van der Waals surface area contributed by atoms with Crippen molar-refractivity contribution in [3.63, 3.8) is 0 Å². The molecule has 246 valence electrons. The Labute approximate surface area is 287 Å². The van der Waals surface area contributed by atoms with Gasteiger partial charge < -0.3 is 14.9 Å². The van der Waals surface area contributed by atoms with E-state index >= 15 is 0 Å². The predicted molar refractivity (Wildman–Crippen MR) is 183 cm³/mol. The Morgan fingerprint density at radius 3 is 2.40 bits per heavy atom. The molecule has 0 radical (unpaired) electrons. The molecule has 5 aliphatic rings. The van der Waals surface area contributed by atoms with Crippen LogP contribution >= 0.6 is 57.4 Å². The van der Waals surface area contributed by atoms with Crippen molar-refractivity contribution in [2.24, 2.45) is 40.4 Å². The third-order valence-corrected chi connectivity index (χ3v) is 15.8. The van der Waals surface area contributed by atoms with Crippen LogP contribution in [0.1, 0.15) is 78.1 Å². The fourth-order valence-electron chi connectivity index (χ4n) is 8.62. The van der Waals surface area contributed by atoms with Gasteiger partial charge in [0, 0.05) is 56.9 Å². The zero-order valence-electron chi connectivity index (χ0n) is 25.7. The van der Waals surface area contributed by atoms with Crippen LogP contribution in [-0.4, -0.2) is 76.7 Å².